The average molecular weight is 1260 g/mol. The van der Waals surface area contributed by atoms with E-state index in [9.17, 15) is 62.3 Å². The first-order chi connectivity index (χ1) is 21.5. The monoisotopic (exact) mass is 1260 g/mol. The van der Waals surface area contributed by atoms with E-state index < -0.39 is 81.5 Å². The Morgan fingerprint density at radius 1 is 0.500 bits per heavy atom. The van der Waals surface area contributed by atoms with Crippen molar-refractivity contribution in [3.05, 3.63) is 22.9 Å². The van der Waals surface area contributed by atoms with Crippen LogP contribution in [0.25, 0.3) is 22.9 Å². The Morgan fingerprint density at radius 3 is 0.680 bits per heavy atom. The van der Waals surface area contributed by atoms with Crippen molar-refractivity contribution >= 4 is 84.8 Å². The number of rotatable bonds is 6. The summed E-state index contributed by atoms with van der Waals surface area (Å²) in [5.41, 5.74) is 26.5. The van der Waals surface area contributed by atoms with Gasteiger partial charge in [0.15, 0.2) is 0 Å². The van der Waals surface area contributed by atoms with Gasteiger partial charge in [-0.1, -0.05) is 25.7 Å². The van der Waals surface area contributed by atoms with Gasteiger partial charge in [0.05, 0.1) is 5.34 Å². The van der Waals surface area contributed by atoms with Crippen LogP contribution in [-0.2, 0) is 56.9 Å². The Labute approximate surface area is 318 Å². The molecule has 0 aromatic carbocycles. The van der Waals surface area contributed by atoms with Crippen molar-refractivity contribution in [2.45, 2.75) is 50.4 Å². The number of carboxylic acid groups (broad SMARTS) is 2. The van der Waals surface area contributed by atoms with Crippen LogP contribution in [0.2, 0.25) is 0 Å². The van der Waals surface area contributed by atoms with E-state index in [0.717, 1.165) is 25.7 Å². The molecule has 0 aliphatic carbocycles. The van der Waals surface area contributed by atoms with Crippen molar-refractivity contribution in [3.63, 3.8) is 0 Å². The van der Waals surface area contributed by atoms with E-state index in [-0.39, 0.29) is 16.3 Å². The Kier molecular flexibility index (Phi) is 73.8. The number of ether oxygens (including phenoxy) is 1. The van der Waals surface area contributed by atoms with Gasteiger partial charge in [-0.3, -0.25) is 0 Å². The number of halogens is 18. The van der Waals surface area contributed by atoms with Crippen LogP contribution in [0.3, 0.4) is 0 Å². The second kappa shape index (κ2) is 49.1. The van der Waals surface area contributed by atoms with Crippen molar-refractivity contribution in [2.75, 3.05) is 31.5 Å². The summed E-state index contributed by atoms with van der Waals surface area (Å²) in [6.45, 7) is 1.94. The Hall–Kier alpha value is 0.117. The van der Waals surface area contributed by atoms with Crippen molar-refractivity contribution in [1.82, 2.24) is 0 Å². The van der Waals surface area contributed by atoms with Crippen LogP contribution in [0.5, 0.6) is 0 Å². The fourth-order valence-electron chi connectivity index (χ4n) is 0.700. The maximum Gasteiger partial charge on any atom is -0.0741 e. The molecule has 33 heteroatoms. The first-order valence-corrected chi connectivity index (χ1v) is 22.7. The van der Waals surface area contributed by atoms with Gasteiger partial charge in [-0.15, -0.1) is 23.2 Å². The molecule has 0 saturated heterocycles. The normalized spacial score (nSPS) is 9.80. The van der Waals surface area contributed by atoms with Gasteiger partial charge in [-0.2, -0.15) is 78.9 Å². The molecule has 10 N–H and O–H groups in total. The number of aliphatic carboxylic acids is 2. The van der Waals surface area contributed by atoms with Crippen LogP contribution >= 0.6 is 60.9 Å². The van der Waals surface area contributed by atoms with Gasteiger partial charge >= 0.3 is 119 Å². The molecule has 0 aromatic heterocycles. The number of carbonyl (C=O) groups is 4. The summed E-state index contributed by atoms with van der Waals surface area (Å²) < 4.78 is 133. The summed E-state index contributed by atoms with van der Waals surface area (Å²) in [4.78, 5) is 37.1. The molecular weight excluding hydrogens is 1240 g/mol. The van der Waals surface area contributed by atoms with E-state index >= 15 is 0 Å². The topological polar surface area (TPSA) is 276 Å². The summed E-state index contributed by atoms with van der Waals surface area (Å²) >= 11 is 8.58. The molecule has 0 saturated carbocycles. The molecule has 0 radical (unpaired) electrons. The number of nitrogens with one attached hydrogen (secondary N) is 4. The second-order valence-corrected chi connectivity index (χ2v) is 13.3. The molecule has 0 atom stereocenters. The van der Waals surface area contributed by atoms with Crippen LogP contribution in [0.15, 0.2) is 0 Å². The minimum Gasteiger partial charge on any atom is -0.677 e. The quantitative estimate of drug-likeness (QED) is 0.0857. The zero-order chi connectivity index (χ0) is 40.8. The van der Waals surface area contributed by atoms with Crippen LogP contribution in [0, 0.1) is 0 Å². The molecule has 0 fully saturated rings. The Morgan fingerprint density at radius 2 is 0.620 bits per heavy atom. The molecule has 0 amide bonds. The maximum atomic E-state index is 11.2. The smallest absolute Gasteiger partial charge is 0.0741 e. The summed E-state index contributed by atoms with van der Waals surface area (Å²) in [7, 11) is 19.5. The zero-order valence-electron chi connectivity index (χ0n) is 23.7. The van der Waals surface area contributed by atoms with Crippen molar-refractivity contribution in [2.24, 2.45) is 0 Å². The minimum atomic E-state index is -5.62. The van der Waals surface area contributed by atoms with E-state index in [2.05, 4.69) is 4.74 Å². The molecule has 13 nitrogen and oxygen atoms in total. The summed E-state index contributed by atoms with van der Waals surface area (Å²) in [5.74, 6) is -11.9. The first-order valence-electron chi connectivity index (χ1n) is 10.4. The van der Waals surface area contributed by atoms with Gasteiger partial charge in [-0.25, -0.2) is 19.2 Å². The third kappa shape index (κ3) is 91.8. The molecule has 0 aliphatic rings. The van der Waals surface area contributed by atoms with Crippen LogP contribution in [0.4, 0.5) is 52.7 Å². The van der Waals surface area contributed by atoms with Gasteiger partial charge in [0, 0.05) is 0 Å². The third-order valence-electron chi connectivity index (χ3n) is 2.34. The number of esters is 2. The van der Waals surface area contributed by atoms with Gasteiger partial charge < -0.3 is 48.8 Å². The van der Waals surface area contributed by atoms with Gasteiger partial charge in [0.1, 0.15) is 0 Å². The fraction of sp³-hybridized carbons (Fsp3) is 0.765. The molecule has 0 heterocycles. The van der Waals surface area contributed by atoms with Crippen molar-refractivity contribution < 1.29 is 131 Å². The van der Waals surface area contributed by atoms with E-state index in [1.54, 1.807) is 0 Å². The van der Waals surface area contributed by atoms with Gasteiger partial charge in [0.25, 0.3) is 0 Å². The summed E-state index contributed by atoms with van der Waals surface area (Å²) in [5, 5.41) is 14.4. The molecule has 50 heavy (non-hydrogen) atoms. The molecule has 0 rings (SSSR count). The van der Waals surface area contributed by atoms with Crippen LogP contribution < -0.4 is 0 Å². The van der Waals surface area contributed by atoms with Crippen molar-refractivity contribution in [3.8, 4) is 0 Å². The first kappa shape index (κ1) is 75.1. The Bertz CT molecular complexity index is 702. The van der Waals surface area contributed by atoms with Gasteiger partial charge in [0.2, 0.25) is 0 Å². The largest absolute Gasteiger partial charge is 0.677 e. The number of hydrogen-bond acceptors (Lipinski definition) is 5. The number of hydrogen-bond donors (Lipinski definition) is 2. The standard InChI is InChI=1S/C4F6O3.2C4H10N2.2C2HF3O2.CH2Cl2.4ClH.2H2O.2Pt/c5-3(6,7)1(11)13-2(12)4(8,9)10;2*5-3-1-2-4-6;2*3-2(4,5)1(6)7;2-1-3;;;;;;;;/h;2*5-6H,1-4H2;2*(H,6,7);1H2;4*1H;2*1H2;;/q;2*-2;;;;;;;;;;2*+4/p-4. The fourth-order valence-corrected chi connectivity index (χ4v) is 0.700. The molecule has 0 aromatic rings. The second-order valence-electron chi connectivity index (χ2n) is 5.88. The molecule has 0 spiro atoms. The number of unbranched alkanes of at least 4 members (excludes halogenated alkanes) is 2. The molecule has 316 valence electrons. The number of carbonyl (C=O) groups excluding carboxylic acids is 2. The van der Waals surface area contributed by atoms with Crippen molar-refractivity contribution in [1.29, 1.82) is 0 Å². The Balaban J connectivity index is -0.0000000479. The van der Waals surface area contributed by atoms with E-state index in [4.69, 9.17) is 104 Å². The van der Waals surface area contributed by atoms with E-state index in [0.29, 0.717) is 26.2 Å². The molecule has 0 aliphatic heterocycles. The number of carboxylic acids is 2. The summed E-state index contributed by atoms with van der Waals surface area (Å²) in [6, 6.07) is 0. The molecular formula is C17H28Cl6F12N4O9Pt2. The summed E-state index contributed by atoms with van der Waals surface area (Å²) in [6.07, 6.45) is -17.8. The zero-order valence-corrected chi connectivity index (χ0v) is 32.8. The SMILES string of the molecule is ClCCl.O.O.O=C(O)C(F)(F)F.O=C(O)C(F)(F)F.O=C(OC(=O)C(F)(F)F)C(F)(F)F.[Cl][Pt+2][Cl].[Cl][Pt+2][Cl].[NH-]CCCC[NH-].[NH-]CCCC[NH-]. The molecule has 0 bridgehead atoms. The van der Waals surface area contributed by atoms with Crippen LogP contribution in [0.1, 0.15) is 25.7 Å². The minimum absolute atomic E-state index is 0. The van der Waals surface area contributed by atoms with E-state index in [1.165, 1.54) is 0 Å². The predicted molar refractivity (Wildman–Crippen MR) is 153 cm³/mol. The van der Waals surface area contributed by atoms with E-state index in [1.807, 2.05) is 0 Å². The molecule has 0 unspecified atom stereocenters. The maximum absolute atomic E-state index is 11.2. The average Bonchev–Trinajstić information content (AvgIpc) is 2.91. The third-order valence-corrected chi connectivity index (χ3v) is 2.34. The van der Waals surface area contributed by atoms with Crippen LogP contribution in [-0.4, -0.2) is 101 Å². The number of alkyl halides is 14. The van der Waals surface area contributed by atoms with Gasteiger partial charge in [-0.05, 0) is 0 Å². The predicted octanol–water partition coefficient (Wildman–Crippen LogP) is 8.71.